The summed E-state index contributed by atoms with van der Waals surface area (Å²) in [6, 6.07) is 11.2. The van der Waals surface area contributed by atoms with Gasteiger partial charge in [0.05, 0.1) is 25.3 Å². The molecule has 2 fully saturated rings. The molecule has 4 rings (SSSR count). The van der Waals surface area contributed by atoms with E-state index in [9.17, 15) is 14.7 Å². The average Bonchev–Trinajstić information content (AvgIpc) is 3.18. The van der Waals surface area contributed by atoms with Gasteiger partial charge in [0.15, 0.2) is 11.7 Å². The number of pyridine rings is 1. The number of hydrogen-bond acceptors (Lipinski definition) is 7. The van der Waals surface area contributed by atoms with Crippen molar-refractivity contribution in [3.05, 3.63) is 63.9 Å². The number of benzene rings is 1. The van der Waals surface area contributed by atoms with E-state index in [1.54, 1.807) is 34.6 Å². The number of ether oxygens (including phenoxy) is 4. The summed E-state index contributed by atoms with van der Waals surface area (Å²) in [4.78, 5) is 29.1. The monoisotopic (exact) mass is 472 g/mol. The van der Waals surface area contributed by atoms with Crippen LogP contribution in [0.25, 0.3) is 0 Å². The minimum Gasteiger partial charge on any atom is -0.494 e. The molecule has 3 heterocycles. The molecule has 0 unspecified atom stereocenters. The van der Waals surface area contributed by atoms with Crippen LogP contribution in [0, 0.1) is 0 Å². The second-order valence-corrected chi connectivity index (χ2v) is 10.1. The number of aromatic amines is 1. The molecular formula is C25H32N2O7. The second kappa shape index (κ2) is 9.05. The molecule has 1 amide bonds. The normalized spacial score (nSPS) is 25.9. The quantitative estimate of drug-likeness (QED) is 0.685. The summed E-state index contributed by atoms with van der Waals surface area (Å²) in [5.41, 5.74) is 0.140. The van der Waals surface area contributed by atoms with Crippen molar-refractivity contribution < 1.29 is 28.8 Å². The molecule has 0 radical (unpaired) electrons. The number of nitrogens with one attached hydrogen (secondary N) is 1. The lowest BCUT2D eigenvalue weighted by atomic mass is 10.0. The van der Waals surface area contributed by atoms with Gasteiger partial charge in [-0.15, -0.1) is 0 Å². The predicted octanol–water partition coefficient (Wildman–Crippen LogP) is 3.48. The van der Waals surface area contributed by atoms with E-state index >= 15 is 0 Å². The zero-order valence-corrected chi connectivity index (χ0v) is 20.1. The van der Waals surface area contributed by atoms with Gasteiger partial charge < -0.3 is 24.1 Å². The molecule has 2 aliphatic heterocycles. The first kappa shape index (κ1) is 24.3. The third kappa shape index (κ3) is 5.11. The van der Waals surface area contributed by atoms with Gasteiger partial charge in [-0.2, -0.15) is 0 Å². The number of amides is 1. The van der Waals surface area contributed by atoms with E-state index in [4.69, 9.17) is 18.9 Å². The molecule has 4 atom stereocenters. The van der Waals surface area contributed by atoms with Gasteiger partial charge in [0.2, 0.25) is 0 Å². The Kier molecular flexibility index (Phi) is 6.46. The summed E-state index contributed by atoms with van der Waals surface area (Å²) in [5, 5.41) is 10.6. The van der Waals surface area contributed by atoms with E-state index in [1.807, 2.05) is 30.3 Å². The maximum atomic E-state index is 13.4. The summed E-state index contributed by atoms with van der Waals surface area (Å²) < 4.78 is 24.1. The van der Waals surface area contributed by atoms with E-state index in [0.717, 1.165) is 5.56 Å². The van der Waals surface area contributed by atoms with Gasteiger partial charge in [-0.1, -0.05) is 30.3 Å². The summed E-state index contributed by atoms with van der Waals surface area (Å²) in [6.07, 6.45) is -1.73. The van der Waals surface area contributed by atoms with E-state index in [0.29, 0.717) is 12.2 Å². The van der Waals surface area contributed by atoms with E-state index in [-0.39, 0.29) is 12.5 Å². The summed E-state index contributed by atoms with van der Waals surface area (Å²) in [5.74, 6) is -1.23. The molecular weight excluding hydrogens is 440 g/mol. The van der Waals surface area contributed by atoms with Gasteiger partial charge in [-0.05, 0) is 46.2 Å². The minimum atomic E-state index is -0.900. The number of carbonyl (C=O) groups excluding carboxylic acids is 1. The molecule has 9 heteroatoms. The first-order valence-corrected chi connectivity index (χ1v) is 11.4. The standard InChI is InChI=1S/C25H32N2O7/c1-24(2,3)34-23(30)27-17(14-31-13-15-9-7-6-8-10-15)20-21(33-25(4,5)32-20)19(27)16-11-12-18(28)26-22(16)29/h6-12,17,19-21H,13-14H2,1-5H3,(H2,26,28,29)/t17-,19+,20-,21+/m1/s1. The van der Waals surface area contributed by atoms with Crippen molar-refractivity contribution in [2.75, 3.05) is 6.61 Å². The highest BCUT2D eigenvalue weighted by Gasteiger charge is 2.61. The van der Waals surface area contributed by atoms with Crippen molar-refractivity contribution in [1.82, 2.24) is 9.88 Å². The van der Waals surface area contributed by atoms with Crippen molar-refractivity contribution in [2.45, 2.75) is 76.9 Å². The predicted molar refractivity (Wildman–Crippen MR) is 123 cm³/mol. The van der Waals surface area contributed by atoms with Crippen LogP contribution in [0.2, 0.25) is 0 Å². The Hall–Kier alpha value is -2.88. The van der Waals surface area contributed by atoms with Crippen LogP contribution < -0.4 is 5.56 Å². The minimum absolute atomic E-state index is 0.162. The van der Waals surface area contributed by atoms with E-state index in [1.165, 1.54) is 17.0 Å². The van der Waals surface area contributed by atoms with Crippen molar-refractivity contribution in [3.8, 4) is 5.88 Å². The van der Waals surface area contributed by atoms with Crippen LogP contribution in [0.15, 0.2) is 47.3 Å². The molecule has 0 bridgehead atoms. The Balaban J connectivity index is 1.70. The smallest absolute Gasteiger partial charge is 0.411 e. The molecule has 184 valence electrons. The number of likely N-dealkylation sites (tertiary alicyclic amines) is 1. The number of hydrogen-bond donors (Lipinski definition) is 2. The zero-order valence-electron chi connectivity index (χ0n) is 20.1. The maximum absolute atomic E-state index is 13.4. The molecule has 1 aromatic carbocycles. The average molecular weight is 473 g/mol. The highest BCUT2D eigenvalue weighted by atomic mass is 16.8. The van der Waals surface area contributed by atoms with Crippen LogP contribution in [0.1, 0.15) is 51.8 Å². The van der Waals surface area contributed by atoms with Crippen LogP contribution >= 0.6 is 0 Å². The molecule has 2 aliphatic rings. The number of rotatable bonds is 5. The fourth-order valence-electron chi connectivity index (χ4n) is 4.53. The highest BCUT2D eigenvalue weighted by molar-refractivity contribution is 5.70. The van der Waals surface area contributed by atoms with Gasteiger partial charge in [0.25, 0.3) is 5.56 Å². The molecule has 2 N–H and O–H groups in total. The molecule has 9 nitrogen and oxygen atoms in total. The molecule has 2 aromatic rings. The third-order valence-electron chi connectivity index (χ3n) is 5.76. The Bertz CT molecular complexity index is 1080. The third-order valence-corrected chi connectivity index (χ3v) is 5.76. The number of carbonyl (C=O) groups is 1. The van der Waals surface area contributed by atoms with Crippen LogP contribution in [-0.4, -0.2) is 57.3 Å². The van der Waals surface area contributed by atoms with Crippen LogP contribution in [0.3, 0.4) is 0 Å². The van der Waals surface area contributed by atoms with Crippen LogP contribution in [0.4, 0.5) is 4.79 Å². The van der Waals surface area contributed by atoms with Crippen molar-refractivity contribution in [2.24, 2.45) is 0 Å². The van der Waals surface area contributed by atoms with Crippen LogP contribution in [0.5, 0.6) is 5.88 Å². The fourth-order valence-corrected chi connectivity index (χ4v) is 4.53. The Morgan fingerprint density at radius 1 is 1.12 bits per heavy atom. The SMILES string of the molecule is CC(C)(C)OC(=O)N1[C@H](COCc2ccccc2)[C@H]2OC(C)(C)O[C@H]2[C@@H]1c1ccc(=O)[nH]c1O. The molecule has 2 saturated heterocycles. The number of fused-ring (bicyclic) bond motifs is 1. The Morgan fingerprint density at radius 2 is 1.79 bits per heavy atom. The lowest BCUT2D eigenvalue weighted by Gasteiger charge is -2.35. The highest BCUT2D eigenvalue weighted by Crippen LogP contribution is 2.48. The molecule has 34 heavy (non-hydrogen) atoms. The number of H-pyrrole nitrogens is 1. The molecule has 0 aliphatic carbocycles. The topological polar surface area (TPSA) is 110 Å². The largest absolute Gasteiger partial charge is 0.494 e. The van der Waals surface area contributed by atoms with Gasteiger partial charge in [0, 0.05) is 11.6 Å². The van der Waals surface area contributed by atoms with Crippen molar-refractivity contribution in [1.29, 1.82) is 0 Å². The zero-order chi connectivity index (χ0) is 24.7. The van der Waals surface area contributed by atoms with Gasteiger partial charge in [-0.25, -0.2) is 4.79 Å². The van der Waals surface area contributed by atoms with Gasteiger partial charge in [-0.3, -0.25) is 14.7 Å². The summed E-state index contributed by atoms with van der Waals surface area (Å²) in [6.45, 7) is 9.47. The fraction of sp³-hybridized carbons (Fsp3) is 0.520. The number of aromatic nitrogens is 1. The number of nitrogens with zero attached hydrogens (tertiary/aromatic N) is 1. The van der Waals surface area contributed by atoms with Gasteiger partial charge >= 0.3 is 6.09 Å². The van der Waals surface area contributed by atoms with E-state index in [2.05, 4.69) is 4.98 Å². The first-order valence-electron chi connectivity index (χ1n) is 11.4. The Labute approximate surface area is 198 Å². The molecule has 0 saturated carbocycles. The van der Waals surface area contributed by atoms with Crippen molar-refractivity contribution >= 4 is 6.09 Å². The Morgan fingerprint density at radius 3 is 2.44 bits per heavy atom. The van der Waals surface area contributed by atoms with Gasteiger partial charge in [0.1, 0.15) is 17.8 Å². The van der Waals surface area contributed by atoms with Crippen LogP contribution in [-0.2, 0) is 25.6 Å². The molecule has 0 spiro atoms. The second-order valence-electron chi connectivity index (χ2n) is 10.1. The summed E-state index contributed by atoms with van der Waals surface area (Å²) >= 11 is 0. The number of aromatic hydroxyl groups is 1. The summed E-state index contributed by atoms with van der Waals surface area (Å²) in [7, 11) is 0. The maximum Gasteiger partial charge on any atom is 0.411 e. The van der Waals surface area contributed by atoms with Crippen molar-refractivity contribution in [3.63, 3.8) is 0 Å². The lowest BCUT2D eigenvalue weighted by Crippen LogP contribution is -2.47. The lowest BCUT2D eigenvalue weighted by molar-refractivity contribution is -0.170. The van der Waals surface area contributed by atoms with E-state index < -0.39 is 47.3 Å². The first-order chi connectivity index (χ1) is 16.0. The molecule has 1 aromatic heterocycles.